The number of fused-ring (bicyclic) bond motifs is 3. The van der Waals surface area contributed by atoms with Crippen LogP contribution in [-0.2, 0) is 0 Å². The molecule has 4 rings (SSSR count). The summed E-state index contributed by atoms with van der Waals surface area (Å²) in [7, 11) is 0. The monoisotopic (exact) mass is 472 g/mol. The summed E-state index contributed by atoms with van der Waals surface area (Å²) in [6.45, 7) is 2.19. The molecule has 0 amide bonds. The number of hydrogen-bond acceptors (Lipinski definition) is 7. The maximum absolute atomic E-state index is 6.16. The summed E-state index contributed by atoms with van der Waals surface area (Å²) in [5.41, 5.74) is 2.42. The van der Waals surface area contributed by atoms with Crippen molar-refractivity contribution in [1.29, 1.82) is 0 Å². The summed E-state index contributed by atoms with van der Waals surface area (Å²) in [6.07, 6.45) is 8.51. The van der Waals surface area contributed by atoms with Crippen molar-refractivity contribution < 1.29 is 9.15 Å². The minimum atomic E-state index is -0.420. The van der Waals surface area contributed by atoms with Gasteiger partial charge in [-0.2, -0.15) is 4.98 Å². The molecule has 150 valence electrons. The molecule has 6 nitrogen and oxygen atoms in total. The Morgan fingerprint density at radius 2 is 2.17 bits per heavy atom. The summed E-state index contributed by atoms with van der Waals surface area (Å²) in [5.74, 6) is 2.19. The Kier molecular flexibility index (Phi) is 6.51. The minimum Gasteiger partial charge on any atom is -0.465 e. The second-order valence-corrected chi connectivity index (χ2v) is 8.53. The van der Waals surface area contributed by atoms with Gasteiger partial charge in [-0.05, 0) is 48.9 Å². The molecule has 29 heavy (non-hydrogen) atoms. The third-order valence-corrected chi connectivity index (χ3v) is 5.78. The molecule has 1 aliphatic rings. The van der Waals surface area contributed by atoms with Crippen LogP contribution in [0.1, 0.15) is 31.9 Å². The Balaban J connectivity index is 1.64. The number of ether oxygens (including phenoxy) is 1. The van der Waals surface area contributed by atoms with Crippen LogP contribution in [0.4, 0.5) is 5.69 Å². The lowest BCUT2D eigenvalue weighted by Crippen LogP contribution is -2.23. The van der Waals surface area contributed by atoms with Gasteiger partial charge in [-0.3, -0.25) is 0 Å². The zero-order chi connectivity index (χ0) is 20.1. The van der Waals surface area contributed by atoms with E-state index < -0.39 is 6.23 Å². The standard InChI is InChI=1S/C21H21BrN4O2S/c1-2-3-4-12-29-21-24-20-19(25-26-21)16-13-14(22)7-9-17(16)23-18(28-20)10-8-15-6-5-11-27-15/h5-11,13,18,23H,2-4,12H2,1H3. The largest absolute Gasteiger partial charge is 0.465 e. The third-order valence-electron chi connectivity index (χ3n) is 4.37. The molecule has 1 aliphatic heterocycles. The summed E-state index contributed by atoms with van der Waals surface area (Å²) < 4.78 is 12.5. The van der Waals surface area contributed by atoms with E-state index in [0.29, 0.717) is 16.7 Å². The lowest BCUT2D eigenvalue weighted by molar-refractivity contribution is 0.266. The van der Waals surface area contributed by atoms with Gasteiger partial charge in [0.05, 0.1) is 6.26 Å². The highest BCUT2D eigenvalue weighted by molar-refractivity contribution is 9.10. The van der Waals surface area contributed by atoms with Crippen LogP contribution in [0.15, 0.2) is 56.7 Å². The van der Waals surface area contributed by atoms with Gasteiger partial charge >= 0.3 is 0 Å². The smallest absolute Gasteiger partial charge is 0.247 e. The number of furan rings is 1. The molecule has 1 unspecified atom stereocenters. The van der Waals surface area contributed by atoms with Crippen LogP contribution in [0.2, 0.25) is 0 Å². The van der Waals surface area contributed by atoms with Gasteiger partial charge < -0.3 is 14.5 Å². The number of unbranched alkanes of at least 4 members (excludes halogenated alkanes) is 2. The van der Waals surface area contributed by atoms with Crippen LogP contribution in [-0.4, -0.2) is 27.2 Å². The summed E-state index contributed by atoms with van der Waals surface area (Å²) in [6, 6.07) is 9.69. The second kappa shape index (κ2) is 9.45. The van der Waals surface area contributed by atoms with E-state index in [1.807, 2.05) is 42.5 Å². The van der Waals surface area contributed by atoms with E-state index in [2.05, 4.69) is 43.4 Å². The average Bonchev–Trinajstić information content (AvgIpc) is 3.19. The van der Waals surface area contributed by atoms with Gasteiger partial charge in [0.15, 0.2) is 11.9 Å². The van der Waals surface area contributed by atoms with Crippen molar-refractivity contribution in [3.8, 4) is 17.1 Å². The maximum Gasteiger partial charge on any atom is 0.247 e. The SMILES string of the molecule is CCCCCSc1nnc2c(n1)OC(C=Cc1ccco1)Nc1ccc(Br)cc1-2. The molecular formula is C21H21BrN4O2S. The fourth-order valence-corrected chi connectivity index (χ4v) is 4.06. The highest BCUT2D eigenvalue weighted by Gasteiger charge is 2.24. The number of hydrogen-bond donors (Lipinski definition) is 1. The topological polar surface area (TPSA) is 73.1 Å². The lowest BCUT2D eigenvalue weighted by Gasteiger charge is -2.15. The maximum atomic E-state index is 6.16. The molecule has 1 atom stereocenters. The van der Waals surface area contributed by atoms with Crippen LogP contribution >= 0.6 is 27.7 Å². The van der Waals surface area contributed by atoms with E-state index in [1.165, 1.54) is 12.8 Å². The molecule has 0 saturated heterocycles. The number of thioether (sulfide) groups is 1. The van der Waals surface area contributed by atoms with Crippen molar-refractivity contribution in [3.05, 3.63) is 52.9 Å². The van der Waals surface area contributed by atoms with Crippen molar-refractivity contribution in [1.82, 2.24) is 15.2 Å². The van der Waals surface area contributed by atoms with Gasteiger partial charge in [-0.1, -0.05) is 47.5 Å². The predicted octanol–water partition coefficient (Wildman–Crippen LogP) is 6.02. The molecule has 0 fully saturated rings. The number of nitrogens with zero attached hydrogens (tertiary/aromatic N) is 3. The van der Waals surface area contributed by atoms with Crippen LogP contribution in [0, 0.1) is 0 Å². The second-order valence-electron chi connectivity index (χ2n) is 6.55. The quantitative estimate of drug-likeness (QED) is 0.332. The molecule has 3 heterocycles. The Labute approximate surface area is 182 Å². The highest BCUT2D eigenvalue weighted by atomic mass is 79.9. The molecule has 1 aromatic carbocycles. The molecule has 2 aromatic heterocycles. The fraction of sp³-hybridized carbons (Fsp3) is 0.286. The van der Waals surface area contributed by atoms with Crippen molar-refractivity contribution in [2.45, 2.75) is 37.6 Å². The first kappa shape index (κ1) is 20.0. The van der Waals surface area contributed by atoms with Crippen LogP contribution in [0.5, 0.6) is 5.88 Å². The van der Waals surface area contributed by atoms with Crippen LogP contribution < -0.4 is 10.1 Å². The molecule has 3 aromatic rings. The van der Waals surface area contributed by atoms with Gasteiger partial charge in [0.25, 0.3) is 0 Å². The Hall–Kier alpha value is -2.32. The summed E-state index contributed by atoms with van der Waals surface area (Å²) in [4.78, 5) is 4.65. The van der Waals surface area contributed by atoms with E-state index in [9.17, 15) is 0 Å². The lowest BCUT2D eigenvalue weighted by atomic mass is 10.1. The highest BCUT2D eigenvalue weighted by Crippen LogP contribution is 2.38. The number of benzene rings is 1. The first-order valence-corrected chi connectivity index (χ1v) is 11.3. The van der Waals surface area contributed by atoms with Crippen LogP contribution in [0.3, 0.4) is 0 Å². The molecule has 1 N–H and O–H groups in total. The molecule has 0 aliphatic carbocycles. The van der Waals surface area contributed by atoms with Gasteiger partial charge in [0, 0.05) is 21.5 Å². The van der Waals surface area contributed by atoms with E-state index in [4.69, 9.17) is 9.15 Å². The number of anilines is 1. The van der Waals surface area contributed by atoms with Crippen molar-refractivity contribution in [2.24, 2.45) is 0 Å². The third kappa shape index (κ3) is 5.00. The molecule has 0 radical (unpaired) electrons. The minimum absolute atomic E-state index is 0.420. The normalized spacial score (nSPS) is 15.3. The van der Waals surface area contributed by atoms with Crippen molar-refractivity contribution in [2.75, 3.05) is 11.1 Å². The van der Waals surface area contributed by atoms with E-state index in [1.54, 1.807) is 18.0 Å². The zero-order valence-electron chi connectivity index (χ0n) is 16.0. The number of nitrogens with one attached hydrogen (secondary N) is 1. The van der Waals surface area contributed by atoms with E-state index in [0.717, 1.165) is 33.7 Å². The van der Waals surface area contributed by atoms with Crippen molar-refractivity contribution >= 4 is 39.5 Å². The van der Waals surface area contributed by atoms with Gasteiger partial charge in [0.1, 0.15) is 5.76 Å². The predicted molar refractivity (Wildman–Crippen MR) is 119 cm³/mol. The first-order valence-electron chi connectivity index (χ1n) is 9.55. The number of rotatable bonds is 7. The first-order chi connectivity index (χ1) is 14.2. The zero-order valence-corrected chi connectivity index (χ0v) is 18.4. The van der Waals surface area contributed by atoms with E-state index in [-0.39, 0.29) is 0 Å². The van der Waals surface area contributed by atoms with Gasteiger partial charge in [-0.25, -0.2) is 0 Å². The summed E-state index contributed by atoms with van der Waals surface area (Å²) in [5, 5.41) is 12.8. The molecular weight excluding hydrogens is 452 g/mol. The average molecular weight is 473 g/mol. The molecule has 0 saturated carbocycles. The molecule has 0 spiro atoms. The Morgan fingerprint density at radius 3 is 3.00 bits per heavy atom. The van der Waals surface area contributed by atoms with Gasteiger partial charge in [-0.15, -0.1) is 10.2 Å². The van der Waals surface area contributed by atoms with Crippen LogP contribution in [0.25, 0.3) is 17.3 Å². The molecule has 8 heteroatoms. The summed E-state index contributed by atoms with van der Waals surface area (Å²) >= 11 is 5.15. The van der Waals surface area contributed by atoms with E-state index >= 15 is 0 Å². The Bertz CT molecular complexity index is 994. The van der Waals surface area contributed by atoms with Crippen molar-refractivity contribution in [3.63, 3.8) is 0 Å². The fourth-order valence-electron chi connectivity index (χ4n) is 2.92. The molecule has 0 bridgehead atoms. The van der Waals surface area contributed by atoms with Gasteiger partial charge in [0.2, 0.25) is 11.0 Å². The number of aromatic nitrogens is 3. The number of halogens is 1. The Morgan fingerprint density at radius 1 is 1.24 bits per heavy atom.